The molecule has 3 aromatic carbocycles. The fourth-order valence-corrected chi connectivity index (χ4v) is 3.42. The van der Waals surface area contributed by atoms with Gasteiger partial charge in [0.2, 0.25) is 0 Å². The summed E-state index contributed by atoms with van der Waals surface area (Å²) in [6, 6.07) is 26.7. The summed E-state index contributed by atoms with van der Waals surface area (Å²) in [6.07, 6.45) is -0.183. The molecule has 36 heavy (non-hydrogen) atoms. The van der Waals surface area contributed by atoms with Crippen LogP contribution in [0.3, 0.4) is 0 Å². The van der Waals surface area contributed by atoms with E-state index in [9.17, 15) is 10.1 Å². The van der Waals surface area contributed by atoms with E-state index in [1.54, 1.807) is 38.1 Å². The molecule has 0 heterocycles. The Bertz CT molecular complexity index is 1170. The van der Waals surface area contributed by atoms with Gasteiger partial charge in [0.15, 0.2) is 0 Å². The molecule has 3 aromatic rings. The zero-order valence-electron chi connectivity index (χ0n) is 20.7. The van der Waals surface area contributed by atoms with E-state index in [1.165, 1.54) is 7.11 Å². The lowest BCUT2D eigenvalue weighted by atomic mass is 9.97. The highest BCUT2D eigenvalue weighted by Crippen LogP contribution is 2.23. The van der Waals surface area contributed by atoms with Crippen LogP contribution in [0.4, 0.5) is 0 Å². The zero-order valence-corrected chi connectivity index (χ0v) is 20.7. The van der Waals surface area contributed by atoms with Crippen LogP contribution in [-0.4, -0.2) is 31.5 Å². The van der Waals surface area contributed by atoms with Gasteiger partial charge in [-0.1, -0.05) is 59.8 Å². The number of hydrogen-bond acceptors (Lipinski definition) is 7. The van der Waals surface area contributed by atoms with E-state index in [0.29, 0.717) is 23.8 Å². The van der Waals surface area contributed by atoms with Gasteiger partial charge in [0.05, 0.1) is 24.5 Å². The monoisotopic (exact) mass is 486 g/mol. The predicted octanol–water partition coefficient (Wildman–Crippen LogP) is 5.64. The molecule has 7 heteroatoms. The summed E-state index contributed by atoms with van der Waals surface area (Å²) in [5.41, 5.74) is 3.36. The largest absolute Gasteiger partial charge is 0.489 e. The van der Waals surface area contributed by atoms with Crippen molar-refractivity contribution in [1.29, 1.82) is 5.26 Å². The fraction of sp³-hybridized carbons (Fsp3) is 0.276. The van der Waals surface area contributed by atoms with E-state index in [-0.39, 0.29) is 25.1 Å². The van der Waals surface area contributed by atoms with Crippen LogP contribution in [0.25, 0.3) is 0 Å². The van der Waals surface area contributed by atoms with Gasteiger partial charge in [-0.15, -0.1) is 0 Å². The third-order valence-electron chi connectivity index (χ3n) is 5.19. The summed E-state index contributed by atoms with van der Waals surface area (Å²) in [4.78, 5) is 16.8. The molecule has 0 aliphatic carbocycles. The Morgan fingerprint density at radius 3 is 2.17 bits per heavy atom. The lowest BCUT2D eigenvalue weighted by Crippen LogP contribution is -2.14. The Morgan fingerprint density at radius 1 is 0.917 bits per heavy atom. The maximum atomic E-state index is 11.9. The van der Waals surface area contributed by atoms with Crippen LogP contribution < -0.4 is 9.47 Å². The molecule has 0 spiro atoms. The van der Waals surface area contributed by atoms with Gasteiger partial charge in [-0.05, 0) is 49.2 Å². The van der Waals surface area contributed by atoms with Gasteiger partial charge < -0.3 is 19.0 Å². The first-order valence-electron chi connectivity index (χ1n) is 11.7. The number of esters is 1. The molecule has 0 radical (unpaired) electrons. The highest BCUT2D eigenvalue weighted by Gasteiger charge is 2.17. The number of rotatable bonds is 12. The Labute approximate surface area is 211 Å². The molecule has 0 aliphatic rings. The Kier molecular flexibility index (Phi) is 9.89. The summed E-state index contributed by atoms with van der Waals surface area (Å²) in [7, 11) is 1.51. The topological polar surface area (TPSA) is 90.1 Å². The molecule has 0 N–H and O–H groups in total. The molecule has 1 unspecified atom stereocenters. The van der Waals surface area contributed by atoms with Crippen molar-refractivity contribution in [2.75, 3.05) is 13.7 Å². The zero-order chi connectivity index (χ0) is 25.8. The van der Waals surface area contributed by atoms with Crippen molar-refractivity contribution >= 4 is 11.7 Å². The summed E-state index contributed by atoms with van der Waals surface area (Å²) in [5, 5.41) is 13.5. The molecular weight excluding hydrogens is 456 g/mol. The number of carbonyl (C=O) groups is 1. The van der Waals surface area contributed by atoms with E-state index in [2.05, 4.69) is 11.2 Å². The SMILES string of the molecule is CON=C(COc1ccc(COc2ccc(C(C#N)CC(=O)OC(C)C)cc2)cc1)c1ccccc1. The quantitative estimate of drug-likeness (QED) is 0.187. The first-order chi connectivity index (χ1) is 17.5. The molecule has 186 valence electrons. The lowest BCUT2D eigenvalue weighted by molar-refractivity contribution is -0.147. The van der Waals surface area contributed by atoms with Gasteiger partial charge >= 0.3 is 5.97 Å². The van der Waals surface area contributed by atoms with Crippen LogP contribution in [0.1, 0.15) is 42.9 Å². The van der Waals surface area contributed by atoms with Gasteiger partial charge in [-0.2, -0.15) is 5.26 Å². The van der Waals surface area contributed by atoms with E-state index < -0.39 is 5.92 Å². The average molecular weight is 487 g/mol. The minimum absolute atomic E-state index is 0.0213. The highest BCUT2D eigenvalue weighted by atomic mass is 16.6. The minimum Gasteiger partial charge on any atom is -0.489 e. The van der Waals surface area contributed by atoms with Crippen molar-refractivity contribution in [2.45, 2.75) is 38.9 Å². The molecule has 0 aromatic heterocycles. The van der Waals surface area contributed by atoms with Gasteiger partial charge in [0.25, 0.3) is 0 Å². The maximum absolute atomic E-state index is 11.9. The molecule has 3 rings (SSSR count). The van der Waals surface area contributed by atoms with Gasteiger partial charge in [0.1, 0.15) is 37.5 Å². The normalized spacial score (nSPS) is 11.9. The molecule has 0 amide bonds. The van der Waals surface area contributed by atoms with Crippen molar-refractivity contribution < 1.29 is 23.8 Å². The predicted molar refractivity (Wildman–Crippen MR) is 137 cm³/mol. The summed E-state index contributed by atoms with van der Waals surface area (Å²) >= 11 is 0. The number of benzene rings is 3. The number of ether oxygens (including phenoxy) is 3. The van der Waals surface area contributed by atoms with Gasteiger partial charge in [-0.3, -0.25) is 4.79 Å². The molecule has 0 saturated heterocycles. The Hall–Kier alpha value is -4.31. The lowest BCUT2D eigenvalue weighted by Gasteiger charge is -2.13. The summed E-state index contributed by atoms with van der Waals surface area (Å²) in [6.45, 7) is 4.22. The summed E-state index contributed by atoms with van der Waals surface area (Å²) < 4.78 is 16.9. The number of hydrogen-bond donors (Lipinski definition) is 0. The van der Waals surface area contributed by atoms with Crippen LogP contribution in [0.2, 0.25) is 0 Å². The molecule has 0 bridgehead atoms. The fourth-order valence-electron chi connectivity index (χ4n) is 3.42. The highest BCUT2D eigenvalue weighted by molar-refractivity contribution is 6.01. The second-order valence-corrected chi connectivity index (χ2v) is 8.30. The first-order valence-corrected chi connectivity index (χ1v) is 11.7. The van der Waals surface area contributed by atoms with Crippen LogP contribution in [0.15, 0.2) is 84.0 Å². The van der Waals surface area contributed by atoms with E-state index in [1.807, 2.05) is 54.6 Å². The Morgan fingerprint density at radius 2 is 1.56 bits per heavy atom. The standard InChI is InChI=1S/C29H30N2O5/c1-21(2)36-29(32)17-25(18-30)23-11-15-27(16-12-23)34-19-22-9-13-26(14-10-22)35-20-28(31-33-3)24-7-5-4-6-8-24/h4-16,21,25H,17,19-20H2,1-3H3. The third kappa shape index (κ3) is 8.17. The van der Waals surface area contributed by atoms with Gasteiger partial charge in [-0.25, -0.2) is 0 Å². The average Bonchev–Trinajstić information content (AvgIpc) is 2.89. The molecule has 0 saturated carbocycles. The second kappa shape index (κ2) is 13.5. The van der Waals surface area contributed by atoms with E-state index in [0.717, 1.165) is 16.7 Å². The number of nitriles is 1. The van der Waals surface area contributed by atoms with Crippen LogP contribution in [0, 0.1) is 11.3 Å². The summed E-state index contributed by atoms with van der Waals surface area (Å²) in [5.74, 6) is 0.436. The molecule has 1 atom stereocenters. The maximum Gasteiger partial charge on any atom is 0.307 e. The first kappa shape index (κ1) is 26.3. The van der Waals surface area contributed by atoms with Crippen LogP contribution in [-0.2, 0) is 21.0 Å². The van der Waals surface area contributed by atoms with Crippen LogP contribution in [0.5, 0.6) is 11.5 Å². The van der Waals surface area contributed by atoms with Gasteiger partial charge in [0, 0.05) is 5.56 Å². The molecule has 7 nitrogen and oxygen atoms in total. The van der Waals surface area contributed by atoms with Crippen molar-refractivity contribution in [3.8, 4) is 17.6 Å². The minimum atomic E-state index is -0.561. The molecule has 0 aliphatic heterocycles. The van der Waals surface area contributed by atoms with Crippen molar-refractivity contribution in [1.82, 2.24) is 0 Å². The second-order valence-electron chi connectivity index (χ2n) is 8.30. The van der Waals surface area contributed by atoms with Crippen molar-refractivity contribution in [3.05, 3.63) is 95.6 Å². The smallest absolute Gasteiger partial charge is 0.307 e. The van der Waals surface area contributed by atoms with E-state index in [4.69, 9.17) is 19.0 Å². The Balaban J connectivity index is 1.51. The molecular formula is C29H30N2O5. The number of carbonyl (C=O) groups excluding carboxylic acids is 1. The number of nitrogens with zero attached hydrogens (tertiary/aromatic N) is 2. The van der Waals surface area contributed by atoms with Crippen molar-refractivity contribution in [3.63, 3.8) is 0 Å². The third-order valence-corrected chi connectivity index (χ3v) is 5.19. The number of oxime groups is 1. The molecule has 0 fully saturated rings. The van der Waals surface area contributed by atoms with Crippen molar-refractivity contribution in [2.24, 2.45) is 5.16 Å². The van der Waals surface area contributed by atoms with Crippen LogP contribution >= 0.6 is 0 Å². The van der Waals surface area contributed by atoms with E-state index >= 15 is 0 Å².